The summed E-state index contributed by atoms with van der Waals surface area (Å²) < 4.78 is 5.61. The van der Waals surface area contributed by atoms with Gasteiger partial charge >= 0.3 is 5.97 Å². The maximum atomic E-state index is 10.4. The molecule has 0 aliphatic rings. The molecule has 17 heavy (non-hydrogen) atoms. The van der Waals surface area contributed by atoms with E-state index in [9.17, 15) is 4.79 Å². The number of carbonyl (C=O) groups is 1. The molecular weight excluding hydrogens is 262 g/mol. The van der Waals surface area contributed by atoms with Crippen LogP contribution in [0.3, 0.4) is 0 Å². The Morgan fingerprint density at radius 2 is 2.35 bits per heavy atom. The Morgan fingerprint density at radius 1 is 1.53 bits per heavy atom. The van der Waals surface area contributed by atoms with E-state index in [0.29, 0.717) is 4.34 Å². The maximum Gasteiger partial charge on any atom is 0.313 e. The largest absolute Gasteiger partial charge is 0.481 e. The van der Waals surface area contributed by atoms with E-state index >= 15 is 0 Å². The number of methoxy groups -OCH3 is 1. The van der Waals surface area contributed by atoms with Crippen molar-refractivity contribution in [1.29, 1.82) is 0 Å². The van der Waals surface area contributed by atoms with Crippen LogP contribution >= 0.6 is 23.1 Å². The van der Waals surface area contributed by atoms with Crippen molar-refractivity contribution in [3.63, 3.8) is 0 Å². The molecule has 0 spiro atoms. The van der Waals surface area contributed by atoms with Gasteiger partial charge in [0.2, 0.25) is 5.13 Å². The molecule has 96 valence electrons. The Kier molecular flexibility index (Phi) is 6.90. The molecule has 0 fully saturated rings. The van der Waals surface area contributed by atoms with Gasteiger partial charge in [-0.2, -0.15) is 0 Å². The molecule has 2 N–H and O–H groups in total. The molecular formula is C9H15N3O3S2. The first-order chi connectivity index (χ1) is 8.22. The molecule has 8 heteroatoms. The number of aromatic nitrogens is 2. The minimum atomic E-state index is -0.848. The number of thioether (sulfide) groups is 1. The summed E-state index contributed by atoms with van der Waals surface area (Å²) in [5, 5.41) is 20.2. The summed E-state index contributed by atoms with van der Waals surface area (Å²) in [5.41, 5.74) is 0. The SMILES string of the molecule is COCCCCNc1nnc(SCC(=O)O)s1. The van der Waals surface area contributed by atoms with Crippen LogP contribution in [-0.2, 0) is 9.53 Å². The van der Waals surface area contributed by atoms with Gasteiger partial charge in [-0.15, -0.1) is 10.2 Å². The topological polar surface area (TPSA) is 84.3 Å². The number of nitrogens with one attached hydrogen (secondary N) is 1. The van der Waals surface area contributed by atoms with E-state index in [2.05, 4.69) is 15.5 Å². The van der Waals surface area contributed by atoms with Gasteiger partial charge in [0.25, 0.3) is 0 Å². The quantitative estimate of drug-likeness (QED) is 0.523. The Balaban J connectivity index is 2.19. The average molecular weight is 277 g/mol. The van der Waals surface area contributed by atoms with E-state index in [-0.39, 0.29) is 5.75 Å². The van der Waals surface area contributed by atoms with E-state index < -0.39 is 5.97 Å². The second-order valence-corrected chi connectivity index (χ2v) is 5.38. The summed E-state index contributed by atoms with van der Waals surface area (Å²) in [4.78, 5) is 10.4. The van der Waals surface area contributed by atoms with Crippen LogP contribution in [0.25, 0.3) is 0 Å². The summed E-state index contributed by atoms with van der Waals surface area (Å²) in [6.07, 6.45) is 2.01. The van der Waals surface area contributed by atoms with Crippen molar-refractivity contribution in [2.24, 2.45) is 0 Å². The smallest absolute Gasteiger partial charge is 0.313 e. The van der Waals surface area contributed by atoms with Crippen molar-refractivity contribution in [2.75, 3.05) is 31.3 Å². The van der Waals surface area contributed by atoms with Crippen molar-refractivity contribution >= 4 is 34.2 Å². The highest BCUT2D eigenvalue weighted by atomic mass is 32.2. The maximum absolute atomic E-state index is 10.4. The van der Waals surface area contributed by atoms with Crippen LogP contribution in [0, 0.1) is 0 Å². The van der Waals surface area contributed by atoms with Crippen LogP contribution in [0.4, 0.5) is 5.13 Å². The van der Waals surface area contributed by atoms with Crippen molar-refractivity contribution in [3.05, 3.63) is 0 Å². The third-order valence-electron chi connectivity index (χ3n) is 1.78. The normalized spacial score (nSPS) is 10.4. The Morgan fingerprint density at radius 3 is 3.06 bits per heavy atom. The van der Waals surface area contributed by atoms with E-state index in [1.165, 1.54) is 23.1 Å². The Labute approximate surface area is 108 Å². The van der Waals surface area contributed by atoms with Gasteiger partial charge < -0.3 is 15.2 Å². The number of carboxylic acid groups (broad SMARTS) is 1. The van der Waals surface area contributed by atoms with Gasteiger partial charge in [0.05, 0.1) is 5.75 Å². The number of anilines is 1. The zero-order valence-corrected chi connectivity index (χ0v) is 11.1. The molecule has 1 aromatic rings. The molecule has 0 atom stereocenters. The standard InChI is InChI=1S/C9H15N3O3S2/c1-15-5-3-2-4-10-8-11-12-9(17-8)16-6-7(13)14/h2-6H2,1H3,(H,10,11)(H,13,14). The number of aliphatic carboxylic acids is 1. The molecule has 1 aromatic heterocycles. The second kappa shape index (κ2) is 8.26. The molecule has 0 unspecified atom stereocenters. The fraction of sp³-hybridized carbons (Fsp3) is 0.667. The zero-order chi connectivity index (χ0) is 12.5. The number of nitrogens with zero attached hydrogens (tertiary/aromatic N) is 2. The van der Waals surface area contributed by atoms with Crippen molar-refractivity contribution in [1.82, 2.24) is 10.2 Å². The van der Waals surface area contributed by atoms with Crippen LogP contribution < -0.4 is 5.32 Å². The molecule has 0 aliphatic carbocycles. The predicted octanol–water partition coefficient (Wildman–Crippen LogP) is 1.55. The van der Waals surface area contributed by atoms with Crippen molar-refractivity contribution < 1.29 is 14.6 Å². The summed E-state index contributed by atoms with van der Waals surface area (Å²) in [7, 11) is 1.68. The third-order valence-corrected chi connectivity index (χ3v) is 3.78. The van der Waals surface area contributed by atoms with Gasteiger partial charge in [-0.3, -0.25) is 4.79 Å². The molecule has 0 saturated heterocycles. The molecule has 6 nitrogen and oxygen atoms in total. The molecule has 0 saturated carbocycles. The molecule has 0 amide bonds. The lowest BCUT2D eigenvalue weighted by atomic mass is 10.3. The first kappa shape index (κ1) is 14.2. The van der Waals surface area contributed by atoms with E-state index in [0.717, 1.165) is 31.1 Å². The lowest BCUT2D eigenvalue weighted by Gasteiger charge is -2.00. The van der Waals surface area contributed by atoms with Gasteiger partial charge in [0.1, 0.15) is 0 Å². The zero-order valence-electron chi connectivity index (χ0n) is 9.51. The molecule has 0 bridgehead atoms. The van der Waals surface area contributed by atoms with E-state index in [1.807, 2.05) is 0 Å². The Bertz CT molecular complexity index is 346. The number of hydrogen-bond donors (Lipinski definition) is 2. The predicted molar refractivity (Wildman–Crippen MR) is 67.9 cm³/mol. The fourth-order valence-electron chi connectivity index (χ4n) is 1.03. The minimum Gasteiger partial charge on any atom is -0.481 e. The minimum absolute atomic E-state index is 0.0163. The summed E-state index contributed by atoms with van der Waals surface area (Å²) in [6.45, 7) is 1.58. The van der Waals surface area contributed by atoms with Crippen LogP contribution in [0.5, 0.6) is 0 Å². The van der Waals surface area contributed by atoms with Gasteiger partial charge in [0.15, 0.2) is 4.34 Å². The molecule has 1 rings (SSSR count). The molecule has 0 aromatic carbocycles. The first-order valence-corrected chi connectivity index (χ1v) is 6.93. The van der Waals surface area contributed by atoms with Crippen LogP contribution in [0.2, 0.25) is 0 Å². The van der Waals surface area contributed by atoms with Gasteiger partial charge in [0, 0.05) is 20.3 Å². The van der Waals surface area contributed by atoms with Gasteiger partial charge in [-0.25, -0.2) is 0 Å². The lowest BCUT2D eigenvalue weighted by molar-refractivity contribution is -0.133. The van der Waals surface area contributed by atoms with Crippen LogP contribution in [-0.4, -0.2) is 47.3 Å². The molecule has 0 aliphatic heterocycles. The highest BCUT2D eigenvalue weighted by Crippen LogP contribution is 2.25. The highest BCUT2D eigenvalue weighted by Gasteiger charge is 2.06. The summed E-state index contributed by atoms with van der Waals surface area (Å²) >= 11 is 2.56. The first-order valence-electron chi connectivity index (χ1n) is 5.13. The van der Waals surface area contributed by atoms with Gasteiger partial charge in [-0.1, -0.05) is 23.1 Å². The number of hydrogen-bond acceptors (Lipinski definition) is 7. The van der Waals surface area contributed by atoms with Crippen molar-refractivity contribution in [3.8, 4) is 0 Å². The summed E-state index contributed by atoms with van der Waals surface area (Å²) in [5.74, 6) is -0.832. The highest BCUT2D eigenvalue weighted by molar-refractivity contribution is 8.01. The summed E-state index contributed by atoms with van der Waals surface area (Å²) in [6, 6.07) is 0. The average Bonchev–Trinajstić information content (AvgIpc) is 2.74. The number of ether oxygens (including phenoxy) is 1. The number of carboxylic acids is 1. The van der Waals surface area contributed by atoms with Crippen molar-refractivity contribution in [2.45, 2.75) is 17.2 Å². The number of unbranched alkanes of at least 4 members (excludes halogenated alkanes) is 1. The van der Waals surface area contributed by atoms with Crippen LogP contribution in [0.15, 0.2) is 4.34 Å². The second-order valence-electron chi connectivity index (χ2n) is 3.18. The monoisotopic (exact) mass is 277 g/mol. The van der Waals surface area contributed by atoms with E-state index in [4.69, 9.17) is 9.84 Å². The lowest BCUT2D eigenvalue weighted by Crippen LogP contribution is -2.02. The molecule has 0 radical (unpaired) electrons. The molecule has 1 heterocycles. The van der Waals surface area contributed by atoms with E-state index in [1.54, 1.807) is 7.11 Å². The van der Waals surface area contributed by atoms with Crippen LogP contribution in [0.1, 0.15) is 12.8 Å². The fourth-order valence-corrected chi connectivity index (χ4v) is 2.53. The Hall–Kier alpha value is -0.860. The number of rotatable bonds is 9. The third kappa shape index (κ3) is 6.44. The van der Waals surface area contributed by atoms with Gasteiger partial charge in [-0.05, 0) is 12.8 Å².